The van der Waals surface area contributed by atoms with Crippen LogP contribution in [0.25, 0.3) is 0 Å². The summed E-state index contributed by atoms with van der Waals surface area (Å²) < 4.78 is 32.1. The van der Waals surface area contributed by atoms with Crippen molar-refractivity contribution in [1.82, 2.24) is 0 Å². The fraction of sp³-hybridized carbons (Fsp3) is 0.560. The molecular formula is C25H30O12. The van der Waals surface area contributed by atoms with E-state index in [0.29, 0.717) is 5.57 Å². The molecule has 0 unspecified atom stereocenters. The number of fused-ring (bicyclic) bond motifs is 2. The highest BCUT2D eigenvalue weighted by Crippen LogP contribution is 2.41. The highest BCUT2D eigenvalue weighted by Gasteiger charge is 2.54. The Balaban J connectivity index is 2.16. The lowest BCUT2D eigenvalue weighted by Crippen LogP contribution is -2.53. The van der Waals surface area contributed by atoms with Crippen LogP contribution in [0.4, 0.5) is 0 Å². The molecule has 0 aromatic rings. The number of rotatable bonds is 6. The normalized spacial score (nSPS) is 33.9. The van der Waals surface area contributed by atoms with Crippen molar-refractivity contribution in [2.45, 2.75) is 76.8 Å². The summed E-state index contributed by atoms with van der Waals surface area (Å²) >= 11 is 0. The van der Waals surface area contributed by atoms with Crippen molar-refractivity contribution in [3.05, 3.63) is 35.5 Å². The zero-order chi connectivity index (χ0) is 27.8. The van der Waals surface area contributed by atoms with Gasteiger partial charge in [-0.05, 0) is 38.5 Å². The number of carbonyl (C=O) groups excluding carboxylic acids is 5. The minimum Gasteiger partial charge on any atom is -0.466 e. The van der Waals surface area contributed by atoms with E-state index < -0.39 is 78.0 Å². The second kappa shape index (κ2) is 10.5. The molecule has 12 heteroatoms. The van der Waals surface area contributed by atoms with Crippen molar-refractivity contribution >= 4 is 29.8 Å². The monoisotopic (exact) mass is 522 g/mol. The van der Waals surface area contributed by atoms with E-state index in [1.165, 1.54) is 13.0 Å². The van der Waals surface area contributed by atoms with Gasteiger partial charge in [-0.2, -0.15) is 0 Å². The third kappa shape index (κ3) is 5.75. The molecule has 3 aliphatic rings. The fourth-order valence-corrected chi connectivity index (χ4v) is 4.26. The van der Waals surface area contributed by atoms with Crippen molar-refractivity contribution in [3.8, 4) is 0 Å². The third-order valence-corrected chi connectivity index (χ3v) is 6.47. The number of carbonyl (C=O) groups is 5. The Hall–Kier alpha value is -3.51. The molecule has 0 spiro atoms. The summed E-state index contributed by atoms with van der Waals surface area (Å²) in [7, 11) is 1.11. The van der Waals surface area contributed by atoms with Gasteiger partial charge in [-0.25, -0.2) is 14.4 Å². The van der Waals surface area contributed by atoms with E-state index in [-0.39, 0.29) is 11.1 Å². The van der Waals surface area contributed by atoms with Gasteiger partial charge in [0.25, 0.3) is 0 Å². The van der Waals surface area contributed by atoms with Gasteiger partial charge >= 0.3 is 29.8 Å². The van der Waals surface area contributed by atoms with Gasteiger partial charge in [0.05, 0.1) is 18.6 Å². The molecule has 12 nitrogen and oxygen atoms in total. The summed E-state index contributed by atoms with van der Waals surface area (Å²) in [6, 6.07) is 0. The number of hydrogen-bond donors (Lipinski definition) is 1. The van der Waals surface area contributed by atoms with Gasteiger partial charge in [0, 0.05) is 19.4 Å². The van der Waals surface area contributed by atoms with Gasteiger partial charge < -0.3 is 33.5 Å². The molecule has 37 heavy (non-hydrogen) atoms. The fourth-order valence-electron chi connectivity index (χ4n) is 4.26. The lowest BCUT2D eigenvalue weighted by molar-refractivity contribution is -0.196. The van der Waals surface area contributed by atoms with Crippen molar-refractivity contribution in [1.29, 1.82) is 0 Å². The molecule has 3 rings (SSSR count). The number of methoxy groups -OCH3 is 1. The van der Waals surface area contributed by atoms with E-state index >= 15 is 0 Å². The van der Waals surface area contributed by atoms with Crippen molar-refractivity contribution < 1.29 is 57.5 Å². The van der Waals surface area contributed by atoms with E-state index in [1.54, 1.807) is 13.0 Å². The molecule has 2 heterocycles. The van der Waals surface area contributed by atoms with Crippen LogP contribution in [0, 0.1) is 5.92 Å². The van der Waals surface area contributed by atoms with Crippen molar-refractivity contribution in [2.24, 2.45) is 5.92 Å². The van der Waals surface area contributed by atoms with Crippen LogP contribution in [-0.4, -0.2) is 84.3 Å². The predicted octanol–water partition coefficient (Wildman–Crippen LogP) is 0.457. The summed E-state index contributed by atoms with van der Waals surface area (Å²) in [4.78, 5) is 62.2. The van der Waals surface area contributed by atoms with Crippen LogP contribution < -0.4 is 0 Å². The Morgan fingerprint density at radius 1 is 1.11 bits per heavy atom. The number of esters is 5. The molecule has 2 fully saturated rings. The first-order valence-electron chi connectivity index (χ1n) is 11.5. The highest BCUT2D eigenvalue weighted by atomic mass is 16.6. The SMILES string of the molecule is C=C1C(=O)O[C@@H]2/C=C(\C)[C@@H]3O[C@@H]3/C=C(/C(=O)OC)[C@H](OC(C)=O)[C@@H](OC(=O)[C@@](C)(O)[C@H](C)OC(C)=O)[C@H]12. The van der Waals surface area contributed by atoms with Crippen LogP contribution >= 0.6 is 0 Å². The summed E-state index contributed by atoms with van der Waals surface area (Å²) in [5, 5.41) is 10.9. The first-order chi connectivity index (χ1) is 17.2. The number of ether oxygens (including phenoxy) is 6. The molecule has 0 saturated carbocycles. The lowest BCUT2D eigenvalue weighted by atomic mass is 9.83. The molecular weight excluding hydrogens is 492 g/mol. The van der Waals surface area contributed by atoms with Crippen molar-refractivity contribution in [3.63, 3.8) is 0 Å². The molecule has 0 bridgehead atoms. The Kier molecular flexibility index (Phi) is 7.94. The number of hydrogen-bond acceptors (Lipinski definition) is 12. The summed E-state index contributed by atoms with van der Waals surface area (Å²) in [5.41, 5.74) is -2.02. The Bertz CT molecular complexity index is 1080. The van der Waals surface area contributed by atoms with Gasteiger partial charge in [0.15, 0.2) is 17.8 Å². The van der Waals surface area contributed by atoms with Crippen LogP contribution in [0.2, 0.25) is 0 Å². The van der Waals surface area contributed by atoms with Crippen LogP contribution in [0.3, 0.4) is 0 Å². The molecule has 2 saturated heterocycles. The van der Waals surface area contributed by atoms with Crippen LogP contribution in [0.15, 0.2) is 35.5 Å². The third-order valence-electron chi connectivity index (χ3n) is 6.47. The lowest BCUT2D eigenvalue weighted by Gasteiger charge is -2.36. The number of epoxide rings is 1. The Morgan fingerprint density at radius 3 is 2.32 bits per heavy atom. The first kappa shape index (κ1) is 28.1. The zero-order valence-electron chi connectivity index (χ0n) is 21.3. The smallest absolute Gasteiger partial charge is 0.342 e. The topological polar surface area (TPSA) is 164 Å². The average molecular weight is 523 g/mol. The molecule has 202 valence electrons. The second-order valence-electron chi connectivity index (χ2n) is 9.27. The molecule has 0 amide bonds. The largest absolute Gasteiger partial charge is 0.466 e. The predicted molar refractivity (Wildman–Crippen MR) is 122 cm³/mol. The van der Waals surface area contributed by atoms with Crippen LogP contribution in [0.1, 0.15) is 34.6 Å². The zero-order valence-corrected chi connectivity index (χ0v) is 21.3. The molecule has 8 atom stereocenters. The molecule has 2 aliphatic heterocycles. The summed E-state index contributed by atoms with van der Waals surface area (Å²) in [5.74, 6) is -5.72. The summed E-state index contributed by atoms with van der Waals surface area (Å²) in [6.45, 7) is 10.0. The van der Waals surface area contributed by atoms with E-state index in [9.17, 15) is 29.1 Å². The van der Waals surface area contributed by atoms with E-state index in [4.69, 9.17) is 28.4 Å². The van der Waals surface area contributed by atoms with E-state index in [1.807, 2.05) is 0 Å². The number of aliphatic hydroxyl groups is 1. The maximum absolute atomic E-state index is 13.3. The van der Waals surface area contributed by atoms with Gasteiger partial charge in [0.1, 0.15) is 24.4 Å². The average Bonchev–Trinajstić information content (AvgIpc) is 3.52. The van der Waals surface area contributed by atoms with Crippen molar-refractivity contribution in [2.75, 3.05) is 7.11 Å². The van der Waals surface area contributed by atoms with Gasteiger partial charge in [-0.15, -0.1) is 0 Å². The van der Waals surface area contributed by atoms with E-state index in [2.05, 4.69) is 6.58 Å². The minimum atomic E-state index is -2.37. The first-order valence-corrected chi connectivity index (χ1v) is 11.5. The maximum atomic E-state index is 13.3. The van der Waals surface area contributed by atoms with Crippen LogP contribution in [0.5, 0.6) is 0 Å². The highest BCUT2D eigenvalue weighted by molar-refractivity contribution is 5.93. The van der Waals surface area contributed by atoms with Gasteiger partial charge in [-0.3, -0.25) is 9.59 Å². The molecule has 1 aliphatic carbocycles. The Morgan fingerprint density at radius 2 is 1.76 bits per heavy atom. The van der Waals surface area contributed by atoms with Crippen LogP contribution in [-0.2, 0) is 52.4 Å². The standard InChI is InChI=1S/C25H30O12/c1-10-8-16-18(11(2)22(28)36-16)21(37-24(30)25(6,31)12(3)33-13(4)26)20(34-14(5)27)15(23(29)32-7)9-17-19(10)35-17/h8-9,12,16-21,31H,2H2,1,3-7H3/b10-8+,15-9+/t12-,16+,17+,18+,19-,20-,21-,25-/m0/s1. The maximum Gasteiger partial charge on any atom is 0.342 e. The summed E-state index contributed by atoms with van der Waals surface area (Å²) in [6.07, 6.45) is -3.61. The second-order valence-corrected chi connectivity index (χ2v) is 9.27. The van der Waals surface area contributed by atoms with Gasteiger partial charge in [-0.1, -0.05) is 6.58 Å². The molecule has 0 aromatic heterocycles. The molecule has 0 aromatic carbocycles. The minimum absolute atomic E-state index is 0.116. The molecule has 0 radical (unpaired) electrons. The Labute approximate surface area is 213 Å². The van der Waals surface area contributed by atoms with Gasteiger partial charge in [0.2, 0.25) is 0 Å². The quantitative estimate of drug-likeness (QED) is 0.169. The van der Waals surface area contributed by atoms with E-state index in [0.717, 1.165) is 27.9 Å². The molecule has 1 N–H and O–H groups in total.